The molecule has 1 N–H and O–H groups in total. The minimum atomic E-state index is -0.443. The number of rotatable bonds is 11. The van der Waals surface area contributed by atoms with Gasteiger partial charge >= 0.3 is 0 Å². The highest BCUT2D eigenvalue weighted by atomic mass is 16.5. The fourth-order valence-electron chi connectivity index (χ4n) is 3.32. The molecule has 0 heterocycles. The summed E-state index contributed by atoms with van der Waals surface area (Å²) in [5.74, 6) is 0.860. The molecule has 0 aliphatic rings. The van der Waals surface area contributed by atoms with Crippen LogP contribution < -0.4 is 4.74 Å². The maximum absolute atomic E-state index is 10.8. The number of nitrogens with zero attached hydrogens (tertiary/aromatic N) is 1. The highest BCUT2D eigenvalue weighted by molar-refractivity contribution is 5.91. The van der Waals surface area contributed by atoms with Crippen LogP contribution in [-0.2, 0) is 0 Å². The molecule has 0 aromatic heterocycles. The van der Waals surface area contributed by atoms with Gasteiger partial charge in [-0.3, -0.25) is 0 Å². The fraction of sp³-hybridized carbons (Fsp3) is 0.545. The van der Waals surface area contributed by atoms with E-state index in [0.29, 0.717) is 0 Å². The van der Waals surface area contributed by atoms with Gasteiger partial charge in [-0.1, -0.05) is 57.0 Å². The second-order valence-electron chi connectivity index (χ2n) is 6.76. The summed E-state index contributed by atoms with van der Waals surface area (Å²) in [5.41, 5.74) is 1.00. The lowest BCUT2D eigenvalue weighted by atomic mass is 9.98. The van der Waals surface area contributed by atoms with Gasteiger partial charge in [0.25, 0.3) is 0 Å². The third-order valence-electron chi connectivity index (χ3n) is 4.87. The number of hydrogen-bond acceptors (Lipinski definition) is 3. The largest absolute Gasteiger partial charge is 0.496 e. The van der Waals surface area contributed by atoms with Crippen LogP contribution in [0.25, 0.3) is 10.8 Å². The van der Waals surface area contributed by atoms with Gasteiger partial charge in [0, 0.05) is 11.9 Å². The van der Waals surface area contributed by atoms with Crippen molar-refractivity contribution in [2.24, 2.45) is 0 Å². The zero-order chi connectivity index (χ0) is 18.1. The van der Waals surface area contributed by atoms with Crippen molar-refractivity contribution in [2.75, 3.05) is 26.7 Å². The van der Waals surface area contributed by atoms with Gasteiger partial charge in [-0.15, -0.1) is 0 Å². The van der Waals surface area contributed by atoms with E-state index in [-0.39, 0.29) is 0 Å². The summed E-state index contributed by atoms with van der Waals surface area (Å²) in [6, 6.07) is 12.1. The van der Waals surface area contributed by atoms with Gasteiger partial charge in [0.05, 0.1) is 13.2 Å². The molecule has 138 valence electrons. The molecule has 25 heavy (non-hydrogen) atoms. The van der Waals surface area contributed by atoms with Gasteiger partial charge in [0.1, 0.15) is 5.75 Å². The first-order valence-electron chi connectivity index (χ1n) is 9.67. The third kappa shape index (κ3) is 5.45. The van der Waals surface area contributed by atoms with Crippen LogP contribution in [0.5, 0.6) is 5.75 Å². The van der Waals surface area contributed by atoms with E-state index in [1.165, 1.54) is 25.7 Å². The maximum Gasteiger partial charge on any atom is 0.126 e. The minimum Gasteiger partial charge on any atom is -0.496 e. The number of benzene rings is 2. The summed E-state index contributed by atoms with van der Waals surface area (Å²) in [6.07, 6.45) is 5.21. The Kier molecular flexibility index (Phi) is 8.23. The fourth-order valence-corrected chi connectivity index (χ4v) is 3.32. The molecule has 0 radical (unpaired) electrons. The summed E-state index contributed by atoms with van der Waals surface area (Å²) in [4.78, 5) is 2.50. The molecule has 0 saturated heterocycles. The summed E-state index contributed by atoms with van der Waals surface area (Å²) in [6.45, 7) is 7.67. The zero-order valence-electron chi connectivity index (χ0n) is 16.0. The van der Waals surface area contributed by atoms with Crippen molar-refractivity contribution >= 4 is 10.8 Å². The van der Waals surface area contributed by atoms with Crippen LogP contribution in [0.2, 0.25) is 0 Å². The quantitative estimate of drug-likeness (QED) is 0.610. The molecule has 0 aliphatic heterocycles. The first-order valence-corrected chi connectivity index (χ1v) is 9.67. The molecule has 0 aliphatic carbocycles. The lowest BCUT2D eigenvalue weighted by molar-refractivity contribution is 0.141. The molecular formula is C22H33NO2. The SMILES string of the molecule is CCCCN(CCCC)CC[C@@H](O)c1ccc(OC)c2ccccc12. The normalized spacial score (nSPS) is 12.7. The van der Waals surface area contributed by atoms with Gasteiger partial charge in [0.2, 0.25) is 0 Å². The molecule has 0 bridgehead atoms. The Morgan fingerprint density at radius 3 is 2.16 bits per heavy atom. The van der Waals surface area contributed by atoms with Crippen LogP contribution in [0.3, 0.4) is 0 Å². The zero-order valence-corrected chi connectivity index (χ0v) is 16.0. The van der Waals surface area contributed by atoms with E-state index in [1.807, 2.05) is 24.3 Å². The van der Waals surface area contributed by atoms with Crippen LogP contribution in [0.15, 0.2) is 36.4 Å². The predicted molar refractivity (Wildman–Crippen MR) is 106 cm³/mol. The van der Waals surface area contributed by atoms with E-state index in [1.54, 1.807) is 7.11 Å². The van der Waals surface area contributed by atoms with Crippen LogP contribution in [0.4, 0.5) is 0 Å². The number of aliphatic hydroxyl groups is 1. The molecule has 3 heteroatoms. The van der Waals surface area contributed by atoms with Gasteiger partial charge in [-0.2, -0.15) is 0 Å². The standard InChI is InChI=1S/C22H33NO2/c1-4-6-15-23(16-7-5-2)17-14-21(24)19-12-13-22(25-3)20-11-9-8-10-18(19)20/h8-13,21,24H,4-7,14-17H2,1-3H3/t21-/m1/s1. The molecule has 0 saturated carbocycles. The van der Waals surface area contributed by atoms with Gasteiger partial charge in [-0.25, -0.2) is 0 Å². The van der Waals surface area contributed by atoms with Crippen LogP contribution >= 0.6 is 0 Å². The topological polar surface area (TPSA) is 32.7 Å². The van der Waals surface area contributed by atoms with E-state index in [2.05, 4.69) is 30.9 Å². The van der Waals surface area contributed by atoms with Crippen LogP contribution in [0, 0.1) is 0 Å². The van der Waals surface area contributed by atoms with Crippen molar-refractivity contribution in [3.63, 3.8) is 0 Å². The summed E-state index contributed by atoms with van der Waals surface area (Å²) < 4.78 is 5.46. The molecule has 3 nitrogen and oxygen atoms in total. The Morgan fingerprint density at radius 2 is 1.56 bits per heavy atom. The van der Waals surface area contributed by atoms with Crippen molar-refractivity contribution in [1.29, 1.82) is 0 Å². The Labute approximate surface area is 152 Å². The summed E-state index contributed by atoms with van der Waals surface area (Å²) >= 11 is 0. The van der Waals surface area contributed by atoms with E-state index in [0.717, 1.165) is 48.1 Å². The van der Waals surface area contributed by atoms with Gasteiger partial charge < -0.3 is 14.7 Å². The summed E-state index contributed by atoms with van der Waals surface area (Å²) in [7, 11) is 1.69. The molecule has 0 unspecified atom stereocenters. The molecule has 2 aromatic rings. The van der Waals surface area contributed by atoms with E-state index in [9.17, 15) is 5.11 Å². The molecule has 1 atom stereocenters. The third-order valence-corrected chi connectivity index (χ3v) is 4.87. The molecule has 2 aromatic carbocycles. The van der Waals surface area contributed by atoms with Crippen molar-refractivity contribution < 1.29 is 9.84 Å². The molecule has 0 spiro atoms. The molecular weight excluding hydrogens is 310 g/mol. The Bertz CT molecular complexity index is 633. The Balaban J connectivity index is 2.09. The van der Waals surface area contributed by atoms with Crippen molar-refractivity contribution in [3.8, 4) is 5.75 Å². The summed E-state index contributed by atoms with van der Waals surface area (Å²) in [5, 5.41) is 13.0. The molecule has 0 amide bonds. The van der Waals surface area contributed by atoms with Crippen molar-refractivity contribution in [3.05, 3.63) is 42.0 Å². The second kappa shape index (κ2) is 10.4. The lowest BCUT2D eigenvalue weighted by Crippen LogP contribution is -2.28. The average Bonchev–Trinajstić information content (AvgIpc) is 2.66. The minimum absolute atomic E-state index is 0.443. The Hall–Kier alpha value is -1.58. The maximum atomic E-state index is 10.8. The average molecular weight is 344 g/mol. The number of ether oxygens (including phenoxy) is 1. The molecule has 0 fully saturated rings. The highest BCUT2D eigenvalue weighted by Crippen LogP contribution is 2.32. The number of aliphatic hydroxyl groups excluding tert-OH is 1. The monoisotopic (exact) mass is 343 g/mol. The van der Waals surface area contributed by atoms with E-state index >= 15 is 0 Å². The lowest BCUT2D eigenvalue weighted by Gasteiger charge is -2.24. The smallest absolute Gasteiger partial charge is 0.126 e. The van der Waals surface area contributed by atoms with Crippen LogP contribution in [-0.4, -0.2) is 36.8 Å². The first-order chi connectivity index (χ1) is 12.2. The molecule has 2 rings (SSSR count). The Morgan fingerprint density at radius 1 is 0.920 bits per heavy atom. The van der Waals surface area contributed by atoms with Crippen molar-refractivity contribution in [1.82, 2.24) is 4.90 Å². The number of fused-ring (bicyclic) bond motifs is 1. The second-order valence-corrected chi connectivity index (χ2v) is 6.76. The van der Waals surface area contributed by atoms with Gasteiger partial charge in [0.15, 0.2) is 0 Å². The van der Waals surface area contributed by atoms with Crippen molar-refractivity contribution in [2.45, 2.75) is 52.1 Å². The van der Waals surface area contributed by atoms with Crippen LogP contribution in [0.1, 0.15) is 57.6 Å². The van der Waals surface area contributed by atoms with Gasteiger partial charge in [-0.05, 0) is 49.4 Å². The first kappa shape index (κ1) is 19.7. The van der Waals surface area contributed by atoms with E-state index in [4.69, 9.17) is 4.74 Å². The number of hydrogen-bond donors (Lipinski definition) is 1. The highest BCUT2D eigenvalue weighted by Gasteiger charge is 2.15. The van der Waals surface area contributed by atoms with E-state index < -0.39 is 6.10 Å². The number of methoxy groups -OCH3 is 1. The predicted octanol–water partition coefficient (Wildman–Crippen LogP) is 5.17. The number of unbranched alkanes of at least 4 members (excludes halogenated alkanes) is 2.